The summed E-state index contributed by atoms with van der Waals surface area (Å²) in [6, 6.07) is 4.82. The fraction of sp³-hybridized carbons (Fsp3) is 0.182. The second-order valence-corrected chi connectivity index (χ2v) is 4.47. The Hall–Kier alpha value is -2.15. The van der Waals surface area contributed by atoms with Gasteiger partial charge in [0.15, 0.2) is 0 Å². The topological polar surface area (TPSA) is 77.2 Å². The molecule has 0 spiro atoms. The molecule has 0 saturated carbocycles. The first-order valence-electron chi connectivity index (χ1n) is 5.21. The molecule has 1 N–H and O–H groups in total. The number of para-hydroxylation sites is 1. The van der Waals surface area contributed by atoms with Crippen LogP contribution in [-0.4, -0.2) is 16.5 Å². The van der Waals surface area contributed by atoms with Crippen LogP contribution < -0.4 is 10.2 Å². The molecule has 0 amide bonds. The fourth-order valence-electron chi connectivity index (χ4n) is 1.75. The van der Waals surface area contributed by atoms with Crippen molar-refractivity contribution in [2.75, 3.05) is 12.4 Å². The third-order valence-electron chi connectivity index (χ3n) is 2.56. The Kier molecular flexibility index (Phi) is 3.42. The van der Waals surface area contributed by atoms with Gasteiger partial charge in [0.25, 0.3) is 5.69 Å². The first-order valence-corrected chi connectivity index (χ1v) is 6.09. The molecule has 1 heterocycles. The van der Waals surface area contributed by atoms with Crippen LogP contribution in [0.2, 0.25) is 0 Å². The number of nitrogens with one attached hydrogen (secondary N) is 1. The van der Waals surface area contributed by atoms with Crippen molar-refractivity contribution in [2.45, 2.75) is 6.54 Å². The van der Waals surface area contributed by atoms with Gasteiger partial charge in [0, 0.05) is 30.3 Å². The van der Waals surface area contributed by atoms with Gasteiger partial charge in [-0.2, -0.15) is 0 Å². The van der Waals surface area contributed by atoms with Crippen LogP contribution >= 0.6 is 11.3 Å². The van der Waals surface area contributed by atoms with E-state index < -0.39 is 4.92 Å². The normalized spacial score (nSPS) is 10.3. The molecule has 0 unspecified atom stereocenters. The monoisotopic (exact) mass is 265 g/mol. The minimum atomic E-state index is -0.439. The van der Waals surface area contributed by atoms with Crippen LogP contribution in [0, 0.1) is 10.1 Å². The van der Waals surface area contributed by atoms with Gasteiger partial charge in [-0.05, 0) is 0 Å². The van der Waals surface area contributed by atoms with E-state index in [1.807, 2.05) is 0 Å². The smallest absolute Gasteiger partial charge is 0.307 e. The standard InChI is InChI=1S/C11H11N3O3S/c1-12-10-8(3-2-4-9(10)14(16)17)7-13-5-6-18-11(13)15/h2-6,12H,7H2,1H3. The summed E-state index contributed by atoms with van der Waals surface area (Å²) < 4.78 is 1.52. The number of aromatic nitrogens is 1. The van der Waals surface area contributed by atoms with Crippen molar-refractivity contribution in [3.63, 3.8) is 0 Å². The molecule has 0 aliphatic carbocycles. The number of benzene rings is 1. The van der Waals surface area contributed by atoms with Crippen LogP contribution in [-0.2, 0) is 6.54 Å². The summed E-state index contributed by atoms with van der Waals surface area (Å²) in [5.41, 5.74) is 1.17. The van der Waals surface area contributed by atoms with Gasteiger partial charge in [0.2, 0.25) is 0 Å². The maximum absolute atomic E-state index is 11.5. The molecule has 1 aromatic carbocycles. The zero-order valence-electron chi connectivity index (χ0n) is 9.62. The van der Waals surface area contributed by atoms with Crippen LogP contribution in [0.5, 0.6) is 0 Å². The van der Waals surface area contributed by atoms with Crippen LogP contribution in [0.1, 0.15) is 5.56 Å². The van der Waals surface area contributed by atoms with Crippen molar-refractivity contribution in [3.05, 3.63) is 55.1 Å². The molecule has 7 heteroatoms. The zero-order valence-corrected chi connectivity index (χ0v) is 10.4. The maximum atomic E-state index is 11.5. The summed E-state index contributed by atoms with van der Waals surface area (Å²) in [7, 11) is 1.63. The van der Waals surface area contributed by atoms with E-state index in [-0.39, 0.29) is 10.6 Å². The van der Waals surface area contributed by atoms with Gasteiger partial charge in [0.05, 0.1) is 11.5 Å². The summed E-state index contributed by atoms with van der Waals surface area (Å²) >= 11 is 1.10. The van der Waals surface area contributed by atoms with Crippen molar-refractivity contribution in [1.29, 1.82) is 0 Å². The third-order valence-corrected chi connectivity index (χ3v) is 3.25. The average molecular weight is 265 g/mol. The molecule has 2 rings (SSSR count). The second kappa shape index (κ2) is 5.01. The van der Waals surface area contributed by atoms with Crippen molar-refractivity contribution >= 4 is 22.7 Å². The van der Waals surface area contributed by atoms with E-state index in [4.69, 9.17) is 0 Å². The number of nitro benzene ring substituents is 1. The van der Waals surface area contributed by atoms with Crippen molar-refractivity contribution < 1.29 is 4.92 Å². The Morgan fingerprint density at radius 1 is 1.50 bits per heavy atom. The minimum Gasteiger partial charge on any atom is -0.382 e. The van der Waals surface area contributed by atoms with Crippen LogP contribution in [0.3, 0.4) is 0 Å². The van der Waals surface area contributed by atoms with E-state index in [9.17, 15) is 14.9 Å². The van der Waals surface area contributed by atoms with E-state index in [1.165, 1.54) is 10.6 Å². The number of anilines is 1. The quantitative estimate of drug-likeness (QED) is 0.676. The maximum Gasteiger partial charge on any atom is 0.307 e. The molecule has 0 radical (unpaired) electrons. The zero-order chi connectivity index (χ0) is 13.1. The molecule has 0 fully saturated rings. The van der Waals surface area contributed by atoms with Gasteiger partial charge in [0.1, 0.15) is 5.69 Å². The number of hydrogen-bond acceptors (Lipinski definition) is 5. The van der Waals surface area contributed by atoms with E-state index in [2.05, 4.69) is 5.32 Å². The number of nitro groups is 1. The second-order valence-electron chi connectivity index (χ2n) is 3.62. The Morgan fingerprint density at radius 2 is 2.28 bits per heavy atom. The first-order chi connectivity index (χ1) is 8.63. The van der Waals surface area contributed by atoms with E-state index in [1.54, 1.807) is 30.8 Å². The lowest BCUT2D eigenvalue weighted by Crippen LogP contribution is -2.14. The fourth-order valence-corrected chi connectivity index (χ4v) is 2.34. The third kappa shape index (κ3) is 2.25. The Morgan fingerprint density at radius 3 is 2.83 bits per heavy atom. The van der Waals surface area contributed by atoms with E-state index >= 15 is 0 Å². The number of nitrogens with zero attached hydrogens (tertiary/aromatic N) is 2. The van der Waals surface area contributed by atoms with Crippen molar-refractivity contribution in [3.8, 4) is 0 Å². The van der Waals surface area contributed by atoms with E-state index in [0.717, 1.165) is 11.3 Å². The predicted molar refractivity (Wildman–Crippen MR) is 70.3 cm³/mol. The molecular weight excluding hydrogens is 254 g/mol. The van der Waals surface area contributed by atoms with Gasteiger partial charge in [-0.1, -0.05) is 23.5 Å². The molecule has 6 nitrogen and oxygen atoms in total. The molecule has 1 aromatic heterocycles. The summed E-state index contributed by atoms with van der Waals surface area (Å²) in [5, 5.41) is 15.4. The Bertz CT molecular complexity index is 632. The van der Waals surface area contributed by atoms with Gasteiger partial charge in [-0.15, -0.1) is 0 Å². The highest BCUT2D eigenvalue weighted by atomic mass is 32.1. The largest absolute Gasteiger partial charge is 0.382 e. The molecule has 0 bridgehead atoms. The number of thiazole rings is 1. The summed E-state index contributed by atoms with van der Waals surface area (Å²) in [5.74, 6) is 0. The Labute approximate surface area is 107 Å². The molecule has 0 atom stereocenters. The van der Waals surface area contributed by atoms with Crippen LogP contribution in [0.4, 0.5) is 11.4 Å². The van der Waals surface area contributed by atoms with Gasteiger partial charge in [-0.25, -0.2) is 0 Å². The molecule has 0 aliphatic rings. The summed E-state index contributed by atoms with van der Waals surface area (Å²) in [6.45, 7) is 0.320. The summed E-state index contributed by atoms with van der Waals surface area (Å²) in [4.78, 5) is 21.9. The molecular formula is C11H11N3O3S. The van der Waals surface area contributed by atoms with Crippen LogP contribution in [0.15, 0.2) is 34.6 Å². The molecule has 0 aliphatic heterocycles. The van der Waals surface area contributed by atoms with Crippen molar-refractivity contribution in [1.82, 2.24) is 4.57 Å². The van der Waals surface area contributed by atoms with Gasteiger partial charge >= 0.3 is 4.87 Å². The molecule has 2 aromatic rings. The molecule has 94 valence electrons. The highest BCUT2D eigenvalue weighted by Crippen LogP contribution is 2.28. The minimum absolute atomic E-state index is 0.0123. The number of hydrogen-bond donors (Lipinski definition) is 1. The molecule has 0 saturated heterocycles. The lowest BCUT2D eigenvalue weighted by atomic mass is 10.1. The number of rotatable bonds is 4. The Balaban J connectivity index is 2.45. The highest BCUT2D eigenvalue weighted by Gasteiger charge is 2.16. The van der Waals surface area contributed by atoms with Gasteiger partial charge < -0.3 is 9.88 Å². The van der Waals surface area contributed by atoms with E-state index in [0.29, 0.717) is 17.8 Å². The van der Waals surface area contributed by atoms with Crippen molar-refractivity contribution in [2.24, 2.45) is 0 Å². The molecule has 18 heavy (non-hydrogen) atoms. The first kappa shape index (κ1) is 12.3. The summed E-state index contributed by atoms with van der Waals surface area (Å²) in [6.07, 6.45) is 1.67. The SMILES string of the molecule is CNc1c(Cn2ccsc2=O)cccc1[N+](=O)[O-]. The lowest BCUT2D eigenvalue weighted by Gasteiger charge is -2.09. The van der Waals surface area contributed by atoms with Gasteiger partial charge in [-0.3, -0.25) is 14.9 Å². The predicted octanol–water partition coefficient (Wildman–Crippen LogP) is 1.91. The average Bonchev–Trinajstić information content (AvgIpc) is 2.74. The van der Waals surface area contributed by atoms with Crippen LogP contribution in [0.25, 0.3) is 0 Å². The lowest BCUT2D eigenvalue weighted by molar-refractivity contribution is -0.384. The highest BCUT2D eigenvalue weighted by molar-refractivity contribution is 7.07.